The van der Waals surface area contributed by atoms with Crippen molar-refractivity contribution in [2.75, 3.05) is 14.2 Å². The van der Waals surface area contributed by atoms with Crippen LogP contribution in [0.4, 0.5) is 0 Å². The van der Waals surface area contributed by atoms with Crippen LogP contribution in [0.5, 0.6) is 11.5 Å². The number of amides is 1. The van der Waals surface area contributed by atoms with Crippen molar-refractivity contribution in [3.8, 4) is 22.9 Å². The summed E-state index contributed by atoms with van der Waals surface area (Å²) in [6.07, 6.45) is 6.38. The Hall–Kier alpha value is -3.33. The van der Waals surface area contributed by atoms with Gasteiger partial charge in [-0.1, -0.05) is 68.3 Å². The van der Waals surface area contributed by atoms with Gasteiger partial charge in [-0.05, 0) is 25.3 Å². The predicted molar refractivity (Wildman–Crippen MR) is 142 cm³/mol. The number of nitrogens with zero attached hydrogens (tertiary/aromatic N) is 4. The van der Waals surface area contributed by atoms with Gasteiger partial charge in [0.2, 0.25) is 5.91 Å². The number of hydrogen-bond donors (Lipinski definition) is 1. The molecule has 1 unspecified atom stereocenters. The molecule has 0 saturated heterocycles. The van der Waals surface area contributed by atoms with Gasteiger partial charge in [0.25, 0.3) is 0 Å². The second-order valence-electron chi connectivity index (χ2n) is 9.01. The van der Waals surface area contributed by atoms with E-state index in [9.17, 15) is 4.79 Å². The van der Waals surface area contributed by atoms with Crippen LogP contribution in [0.2, 0.25) is 0 Å². The number of fused-ring (bicyclic) bond motifs is 3. The number of rotatable bonds is 8. The normalized spacial score (nSPS) is 15.2. The molecular weight excluding hydrogens is 474 g/mol. The minimum Gasteiger partial charge on any atom is -0.493 e. The van der Waals surface area contributed by atoms with Crippen molar-refractivity contribution in [3.63, 3.8) is 0 Å². The molecule has 1 aliphatic rings. The fraction of sp³-hybridized carbons (Fsp3) is 0.407. The Kier molecular flexibility index (Phi) is 7.27. The van der Waals surface area contributed by atoms with Crippen LogP contribution in [0.15, 0.2) is 47.6 Å². The van der Waals surface area contributed by atoms with Crippen LogP contribution in [0.3, 0.4) is 0 Å². The minimum atomic E-state index is -0.287. The Morgan fingerprint density at radius 1 is 1.08 bits per heavy atom. The molecule has 188 valence electrons. The molecule has 1 amide bonds. The van der Waals surface area contributed by atoms with Crippen molar-refractivity contribution in [1.29, 1.82) is 0 Å². The summed E-state index contributed by atoms with van der Waals surface area (Å²) in [5, 5.41) is 9.21. The van der Waals surface area contributed by atoms with E-state index in [0.717, 1.165) is 23.8 Å². The third-order valence-corrected chi connectivity index (χ3v) is 7.95. The van der Waals surface area contributed by atoms with Gasteiger partial charge in [-0.2, -0.15) is 4.52 Å². The van der Waals surface area contributed by atoms with Crippen molar-refractivity contribution in [3.05, 3.63) is 42.5 Å². The monoisotopic (exact) mass is 505 g/mol. The quantitative estimate of drug-likeness (QED) is 0.257. The van der Waals surface area contributed by atoms with Crippen LogP contribution in [-0.2, 0) is 4.79 Å². The largest absolute Gasteiger partial charge is 0.493 e. The second kappa shape index (κ2) is 10.7. The lowest BCUT2D eigenvalue weighted by atomic mass is 9.95. The predicted octanol–water partition coefficient (Wildman–Crippen LogP) is 5.28. The molecule has 36 heavy (non-hydrogen) atoms. The van der Waals surface area contributed by atoms with Gasteiger partial charge in [0.15, 0.2) is 28.1 Å². The molecule has 5 rings (SSSR count). The highest BCUT2D eigenvalue weighted by atomic mass is 32.2. The number of ether oxygens (including phenoxy) is 2. The number of benzene rings is 2. The van der Waals surface area contributed by atoms with Gasteiger partial charge in [-0.3, -0.25) is 4.79 Å². The first-order valence-corrected chi connectivity index (χ1v) is 13.3. The summed E-state index contributed by atoms with van der Waals surface area (Å²) < 4.78 is 12.8. The van der Waals surface area contributed by atoms with Crippen LogP contribution in [-0.4, -0.2) is 51.0 Å². The van der Waals surface area contributed by atoms with E-state index < -0.39 is 0 Å². The molecule has 0 bridgehead atoms. The SMILES string of the molecule is CCC(Sc1nc2cc(OC)c(OC)cc2c2nc(-c3ccccc3)nn12)C(=O)NC1CCCCC1. The van der Waals surface area contributed by atoms with E-state index in [-0.39, 0.29) is 17.2 Å². The number of nitrogens with one attached hydrogen (secondary N) is 1. The van der Waals surface area contributed by atoms with E-state index in [0.29, 0.717) is 40.1 Å². The van der Waals surface area contributed by atoms with E-state index in [4.69, 9.17) is 24.5 Å². The lowest BCUT2D eigenvalue weighted by Crippen LogP contribution is -2.41. The van der Waals surface area contributed by atoms with Gasteiger partial charge in [0.05, 0.1) is 25.0 Å². The van der Waals surface area contributed by atoms with E-state index in [1.807, 2.05) is 49.4 Å². The lowest BCUT2D eigenvalue weighted by molar-refractivity contribution is -0.121. The van der Waals surface area contributed by atoms with Crippen LogP contribution in [0.1, 0.15) is 45.4 Å². The molecule has 1 fully saturated rings. The van der Waals surface area contributed by atoms with Crippen LogP contribution in [0.25, 0.3) is 27.9 Å². The van der Waals surface area contributed by atoms with Gasteiger partial charge >= 0.3 is 0 Å². The van der Waals surface area contributed by atoms with Crippen molar-refractivity contribution >= 4 is 34.2 Å². The third kappa shape index (κ3) is 4.84. The molecule has 2 aromatic carbocycles. The summed E-state index contributed by atoms with van der Waals surface area (Å²) in [6.45, 7) is 2.03. The molecule has 0 spiro atoms. The molecule has 1 atom stereocenters. The topological polar surface area (TPSA) is 90.6 Å². The first kappa shape index (κ1) is 24.4. The Morgan fingerprint density at radius 3 is 2.50 bits per heavy atom. The van der Waals surface area contributed by atoms with Gasteiger partial charge in [-0.25, -0.2) is 9.97 Å². The fourth-order valence-corrected chi connectivity index (χ4v) is 5.66. The van der Waals surface area contributed by atoms with Gasteiger partial charge in [-0.15, -0.1) is 5.10 Å². The summed E-state index contributed by atoms with van der Waals surface area (Å²) in [4.78, 5) is 23.0. The Balaban J connectivity index is 1.58. The summed E-state index contributed by atoms with van der Waals surface area (Å²) in [5.41, 5.74) is 2.27. The molecular formula is C27H31N5O3S. The van der Waals surface area contributed by atoms with Crippen molar-refractivity contribution in [1.82, 2.24) is 24.9 Å². The van der Waals surface area contributed by atoms with E-state index >= 15 is 0 Å². The molecule has 9 heteroatoms. The maximum atomic E-state index is 13.2. The number of methoxy groups -OCH3 is 2. The highest BCUT2D eigenvalue weighted by molar-refractivity contribution is 8.00. The molecule has 0 radical (unpaired) electrons. The zero-order valence-corrected chi connectivity index (χ0v) is 21.7. The molecule has 8 nitrogen and oxygen atoms in total. The smallest absolute Gasteiger partial charge is 0.233 e. The number of carbonyl (C=O) groups excluding carboxylic acids is 1. The van der Waals surface area contributed by atoms with Gasteiger partial charge in [0, 0.05) is 23.1 Å². The number of thioether (sulfide) groups is 1. The van der Waals surface area contributed by atoms with Crippen LogP contribution in [0, 0.1) is 0 Å². The lowest BCUT2D eigenvalue weighted by Gasteiger charge is -2.25. The molecule has 1 saturated carbocycles. The van der Waals surface area contributed by atoms with Gasteiger partial charge in [0.1, 0.15) is 0 Å². The highest BCUT2D eigenvalue weighted by Crippen LogP contribution is 2.36. The average molecular weight is 506 g/mol. The maximum Gasteiger partial charge on any atom is 0.233 e. The number of carbonyl (C=O) groups is 1. The van der Waals surface area contributed by atoms with E-state index in [2.05, 4.69) is 5.32 Å². The zero-order valence-electron chi connectivity index (χ0n) is 20.9. The average Bonchev–Trinajstić information content (AvgIpc) is 3.38. The van der Waals surface area contributed by atoms with E-state index in [1.54, 1.807) is 18.7 Å². The number of aromatic nitrogens is 4. The highest BCUT2D eigenvalue weighted by Gasteiger charge is 2.26. The van der Waals surface area contributed by atoms with Crippen LogP contribution < -0.4 is 14.8 Å². The molecule has 2 aromatic heterocycles. The third-order valence-electron chi connectivity index (χ3n) is 6.64. The Bertz CT molecular complexity index is 1370. The fourth-order valence-electron chi connectivity index (χ4n) is 4.69. The van der Waals surface area contributed by atoms with Crippen molar-refractivity contribution < 1.29 is 14.3 Å². The standard InChI is InChI=1S/C27H31N5O3S/c1-4-23(26(33)28-18-13-9-6-10-14-18)36-27-29-20-16-22(35-3)21(34-2)15-19(20)25-30-24(31-32(25)27)17-11-7-5-8-12-17/h5,7-8,11-12,15-16,18,23H,4,6,9-10,13-14H2,1-3H3,(H,28,33). The summed E-state index contributed by atoms with van der Waals surface area (Å²) in [6, 6.07) is 13.8. The minimum absolute atomic E-state index is 0.0557. The Morgan fingerprint density at radius 2 is 1.81 bits per heavy atom. The first-order valence-electron chi connectivity index (χ1n) is 12.5. The summed E-state index contributed by atoms with van der Waals surface area (Å²) >= 11 is 1.43. The first-order chi connectivity index (χ1) is 17.6. The van der Waals surface area contributed by atoms with Gasteiger partial charge < -0.3 is 14.8 Å². The molecule has 0 aliphatic heterocycles. The molecule has 1 N–H and O–H groups in total. The summed E-state index contributed by atoms with van der Waals surface area (Å²) in [7, 11) is 3.21. The zero-order chi connectivity index (χ0) is 25.1. The van der Waals surface area contributed by atoms with Crippen LogP contribution >= 0.6 is 11.8 Å². The molecule has 1 aliphatic carbocycles. The van der Waals surface area contributed by atoms with E-state index in [1.165, 1.54) is 31.0 Å². The molecule has 4 aromatic rings. The van der Waals surface area contributed by atoms with Crippen molar-refractivity contribution in [2.24, 2.45) is 0 Å². The number of hydrogen-bond acceptors (Lipinski definition) is 7. The molecule has 2 heterocycles. The maximum absolute atomic E-state index is 13.2. The van der Waals surface area contributed by atoms with Crippen molar-refractivity contribution in [2.45, 2.75) is 61.9 Å². The second-order valence-corrected chi connectivity index (χ2v) is 10.2. The summed E-state index contributed by atoms with van der Waals surface area (Å²) in [5.74, 6) is 1.83. The Labute approximate surface area is 214 Å².